The number of nitrogens with one attached hydrogen (secondary N) is 1. The second-order valence-electron chi connectivity index (χ2n) is 4.76. The van der Waals surface area contributed by atoms with Crippen molar-refractivity contribution in [3.8, 4) is 0 Å². The van der Waals surface area contributed by atoms with E-state index in [1.54, 1.807) is 0 Å². The van der Waals surface area contributed by atoms with Gasteiger partial charge in [-0.05, 0) is 46.3 Å². The Kier molecular flexibility index (Phi) is 3.87. The third-order valence-corrected chi connectivity index (χ3v) is 3.97. The molecule has 1 aromatic carbocycles. The standard InChI is InChI=1S/C13H18BrNO/c1-13(6-8-16-9-7-13)10-15-12-5-3-2-4-11(12)14/h2-5,15H,6-10H2,1H3. The Morgan fingerprint density at radius 2 is 2.00 bits per heavy atom. The third kappa shape index (κ3) is 2.98. The van der Waals surface area contributed by atoms with Crippen LogP contribution in [0.25, 0.3) is 0 Å². The van der Waals surface area contributed by atoms with Crippen LogP contribution in [-0.4, -0.2) is 19.8 Å². The van der Waals surface area contributed by atoms with Crippen molar-refractivity contribution in [2.45, 2.75) is 19.8 Å². The summed E-state index contributed by atoms with van der Waals surface area (Å²) < 4.78 is 6.53. The summed E-state index contributed by atoms with van der Waals surface area (Å²) in [5, 5.41) is 3.52. The molecule has 0 bridgehead atoms. The maximum Gasteiger partial charge on any atom is 0.0484 e. The minimum Gasteiger partial charge on any atom is -0.384 e. The van der Waals surface area contributed by atoms with Gasteiger partial charge in [0, 0.05) is 29.9 Å². The first kappa shape index (κ1) is 11.9. The maximum atomic E-state index is 5.40. The van der Waals surface area contributed by atoms with Crippen LogP contribution in [0.5, 0.6) is 0 Å². The van der Waals surface area contributed by atoms with Crippen LogP contribution in [0.2, 0.25) is 0 Å². The maximum absolute atomic E-state index is 5.40. The van der Waals surface area contributed by atoms with Gasteiger partial charge in [-0.1, -0.05) is 19.1 Å². The lowest BCUT2D eigenvalue weighted by Crippen LogP contribution is -2.33. The van der Waals surface area contributed by atoms with Gasteiger partial charge in [0.25, 0.3) is 0 Å². The third-order valence-electron chi connectivity index (χ3n) is 3.28. The predicted molar refractivity (Wildman–Crippen MR) is 70.8 cm³/mol. The minimum atomic E-state index is 0.369. The van der Waals surface area contributed by atoms with Gasteiger partial charge in [0.2, 0.25) is 0 Å². The fraction of sp³-hybridized carbons (Fsp3) is 0.538. The van der Waals surface area contributed by atoms with Gasteiger partial charge in [-0.25, -0.2) is 0 Å². The minimum absolute atomic E-state index is 0.369. The average molecular weight is 284 g/mol. The topological polar surface area (TPSA) is 21.3 Å². The second-order valence-corrected chi connectivity index (χ2v) is 5.61. The summed E-state index contributed by atoms with van der Waals surface area (Å²) in [6, 6.07) is 8.26. The monoisotopic (exact) mass is 283 g/mol. The Balaban J connectivity index is 1.94. The van der Waals surface area contributed by atoms with E-state index >= 15 is 0 Å². The molecule has 0 spiro atoms. The van der Waals surface area contributed by atoms with Crippen LogP contribution < -0.4 is 5.32 Å². The Hall–Kier alpha value is -0.540. The predicted octanol–water partition coefficient (Wildman–Crippen LogP) is 3.68. The number of halogens is 1. The first-order chi connectivity index (χ1) is 7.70. The number of benzene rings is 1. The van der Waals surface area contributed by atoms with E-state index in [1.807, 2.05) is 6.07 Å². The Morgan fingerprint density at radius 3 is 2.69 bits per heavy atom. The molecule has 1 N–H and O–H groups in total. The fourth-order valence-corrected chi connectivity index (χ4v) is 2.38. The Morgan fingerprint density at radius 1 is 1.31 bits per heavy atom. The number of ether oxygens (including phenoxy) is 1. The van der Waals surface area contributed by atoms with Crippen molar-refractivity contribution in [3.05, 3.63) is 28.7 Å². The Bertz CT molecular complexity index is 348. The zero-order valence-corrected chi connectivity index (χ0v) is 11.2. The normalized spacial score (nSPS) is 19.4. The summed E-state index contributed by atoms with van der Waals surface area (Å²) in [6.07, 6.45) is 2.29. The number of hydrogen-bond acceptors (Lipinski definition) is 2. The molecule has 1 aliphatic rings. The average Bonchev–Trinajstić information content (AvgIpc) is 2.29. The summed E-state index contributed by atoms with van der Waals surface area (Å²) in [5.41, 5.74) is 1.54. The van der Waals surface area contributed by atoms with Crippen molar-refractivity contribution in [3.63, 3.8) is 0 Å². The molecule has 2 rings (SSSR count). The van der Waals surface area contributed by atoms with E-state index in [-0.39, 0.29) is 0 Å². The molecule has 0 aliphatic carbocycles. The smallest absolute Gasteiger partial charge is 0.0484 e. The van der Waals surface area contributed by atoms with Crippen LogP contribution in [0, 0.1) is 5.41 Å². The lowest BCUT2D eigenvalue weighted by Gasteiger charge is -2.34. The van der Waals surface area contributed by atoms with Gasteiger partial charge in [-0.2, -0.15) is 0 Å². The van der Waals surface area contributed by atoms with Gasteiger partial charge in [-0.3, -0.25) is 0 Å². The van der Waals surface area contributed by atoms with E-state index in [0.717, 1.165) is 37.1 Å². The highest BCUT2D eigenvalue weighted by Crippen LogP contribution is 2.31. The van der Waals surface area contributed by atoms with E-state index in [0.29, 0.717) is 5.41 Å². The zero-order chi connectivity index (χ0) is 11.4. The van der Waals surface area contributed by atoms with Crippen molar-refractivity contribution >= 4 is 21.6 Å². The van der Waals surface area contributed by atoms with Gasteiger partial charge in [-0.15, -0.1) is 0 Å². The lowest BCUT2D eigenvalue weighted by molar-refractivity contribution is 0.0300. The second kappa shape index (κ2) is 5.19. The first-order valence-electron chi connectivity index (χ1n) is 5.76. The van der Waals surface area contributed by atoms with Crippen molar-refractivity contribution in [2.75, 3.05) is 25.1 Å². The van der Waals surface area contributed by atoms with Crippen LogP contribution in [0.3, 0.4) is 0 Å². The molecule has 3 heteroatoms. The van der Waals surface area contributed by atoms with E-state index in [4.69, 9.17) is 4.74 Å². The summed E-state index contributed by atoms with van der Waals surface area (Å²) in [5.74, 6) is 0. The van der Waals surface area contributed by atoms with Crippen molar-refractivity contribution in [2.24, 2.45) is 5.41 Å². The van der Waals surface area contributed by atoms with Crippen LogP contribution >= 0.6 is 15.9 Å². The molecule has 88 valence electrons. The molecule has 0 atom stereocenters. The van der Waals surface area contributed by atoms with Crippen molar-refractivity contribution in [1.29, 1.82) is 0 Å². The number of rotatable bonds is 3. The molecule has 0 saturated carbocycles. The first-order valence-corrected chi connectivity index (χ1v) is 6.55. The van der Waals surface area contributed by atoms with Crippen LogP contribution in [0.15, 0.2) is 28.7 Å². The van der Waals surface area contributed by atoms with Crippen LogP contribution in [0.4, 0.5) is 5.69 Å². The van der Waals surface area contributed by atoms with E-state index < -0.39 is 0 Å². The molecule has 2 nitrogen and oxygen atoms in total. The number of hydrogen-bond donors (Lipinski definition) is 1. The van der Waals surface area contributed by atoms with Crippen molar-refractivity contribution < 1.29 is 4.74 Å². The molecule has 1 aliphatic heterocycles. The van der Waals surface area contributed by atoms with Crippen molar-refractivity contribution in [1.82, 2.24) is 0 Å². The molecule has 0 amide bonds. The molecule has 1 fully saturated rings. The van der Waals surface area contributed by atoms with E-state index in [9.17, 15) is 0 Å². The van der Waals surface area contributed by atoms with Crippen LogP contribution in [0.1, 0.15) is 19.8 Å². The highest BCUT2D eigenvalue weighted by molar-refractivity contribution is 9.10. The molecular weight excluding hydrogens is 266 g/mol. The molecule has 0 aromatic heterocycles. The molecule has 1 aromatic rings. The summed E-state index contributed by atoms with van der Waals surface area (Å²) in [7, 11) is 0. The number of anilines is 1. The fourth-order valence-electron chi connectivity index (χ4n) is 1.95. The molecule has 1 saturated heterocycles. The van der Waals surface area contributed by atoms with Gasteiger partial charge in [0.05, 0.1) is 0 Å². The Labute approximate surface area is 106 Å². The lowest BCUT2D eigenvalue weighted by atomic mass is 9.82. The summed E-state index contributed by atoms with van der Waals surface area (Å²) in [4.78, 5) is 0. The number of para-hydroxylation sites is 1. The van der Waals surface area contributed by atoms with E-state index in [2.05, 4.69) is 46.4 Å². The summed E-state index contributed by atoms with van der Waals surface area (Å²) in [6.45, 7) is 5.14. The van der Waals surface area contributed by atoms with E-state index in [1.165, 1.54) is 5.69 Å². The zero-order valence-electron chi connectivity index (χ0n) is 9.63. The quantitative estimate of drug-likeness (QED) is 0.914. The molecular formula is C13H18BrNO. The highest BCUT2D eigenvalue weighted by Gasteiger charge is 2.27. The van der Waals surface area contributed by atoms with Gasteiger partial charge in [0.1, 0.15) is 0 Å². The van der Waals surface area contributed by atoms with Gasteiger partial charge in [0.15, 0.2) is 0 Å². The molecule has 0 unspecified atom stereocenters. The summed E-state index contributed by atoms with van der Waals surface area (Å²) >= 11 is 3.55. The largest absolute Gasteiger partial charge is 0.384 e. The van der Waals surface area contributed by atoms with Crippen LogP contribution in [-0.2, 0) is 4.74 Å². The van der Waals surface area contributed by atoms with Gasteiger partial charge < -0.3 is 10.1 Å². The van der Waals surface area contributed by atoms with Gasteiger partial charge >= 0.3 is 0 Å². The highest BCUT2D eigenvalue weighted by atomic mass is 79.9. The SMILES string of the molecule is CC1(CNc2ccccc2Br)CCOCC1. The molecule has 0 radical (unpaired) electrons. The molecule has 16 heavy (non-hydrogen) atoms. The molecule has 1 heterocycles.